The van der Waals surface area contributed by atoms with Crippen molar-refractivity contribution in [1.82, 2.24) is 9.88 Å². The van der Waals surface area contributed by atoms with Crippen molar-refractivity contribution in [3.8, 4) is 0 Å². The first-order chi connectivity index (χ1) is 15.5. The minimum Gasteiger partial charge on any atom is -0.322 e. The lowest BCUT2D eigenvalue weighted by molar-refractivity contribution is 0.206. The second-order valence-corrected chi connectivity index (χ2v) is 8.11. The lowest BCUT2D eigenvalue weighted by Crippen LogP contribution is -2.35. The van der Waals surface area contributed by atoms with Crippen molar-refractivity contribution in [3.63, 3.8) is 0 Å². The van der Waals surface area contributed by atoms with Crippen LogP contribution in [0.25, 0.3) is 10.9 Å². The first-order valence-corrected chi connectivity index (χ1v) is 10.9. The van der Waals surface area contributed by atoms with Gasteiger partial charge in [-0.05, 0) is 65.4 Å². The zero-order chi connectivity index (χ0) is 22.5. The molecule has 1 heterocycles. The third-order valence-corrected chi connectivity index (χ3v) is 5.61. The van der Waals surface area contributed by atoms with E-state index in [1.807, 2.05) is 48.5 Å². The highest BCUT2D eigenvalue weighted by Gasteiger charge is 2.17. The minimum absolute atomic E-state index is 0.177. The molecule has 1 aromatic heterocycles. The molecule has 0 radical (unpaired) electrons. The van der Waals surface area contributed by atoms with E-state index in [1.165, 1.54) is 5.56 Å². The Morgan fingerprint density at radius 3 is 2.41 bits per heavy atom. The number of aromatic nitrogens is 1. The maximum Gasteiger partial charge on any atom is 0.322 e. The fraction of sp³-hybridized carbons (Fsp3) is 0.154. The molecule has 4 aromatic rings. The molecule has 32 heavy (non-hydrogen) atoms. The Kier molecular flexibility index (Phi) is 6.57. The Bertz CT molecular complexity index is 1280. The van der Waals surface area contributed by atoms with Crippen molar-refractivity contribution in [3.05, 3.63) is 111 Å². The van der Waals surface area contributed by atoms with E-state index in [4.69, 9.17) is 11.6 Å². The summed E-state index contributed by atoms with van der Waals surface area (Å²) in [6, 6.07) is 24.2. The topological polar surface area (TPSA) is 65.2 Å². The number of benzene rings is 3. The monoisotopic (exact) mass is 445 g/mol. The highest BCUT2D eigenvalue weighted by atomic mass is 35.5. The summed E-state index contributed by atoms with van der Waals surface area (Å²) >= 11 is 5.95. The van der Waals surface area contributed by atoms with Gasteiger partial charge in [0.2, 0.25) is 0 Å². The Balaban J connectivity index is 1.64. The van der Waals surface area contributed by atoms with E-state index in [9.17, 15) is 9.59 Å². The number of carbonyl (C=O) groups excluding carboxylic acids is 1. The number of nitrogens with zero attached hydrogens (tertiary/aromatic N) is 1. The SMILES string of the molecule is CCc1ccc2[nH]c(=O)c(CN(Cc3ccccc3)C(=O)Nc3ccc(Cl)cc3)cc2c1. The molecule has 0 bridgehead atoms. The van der Waals surface area contributed by atoms with Gasteiger partial charge in [-0.15, -0.1) is 0 Å². The molecule has 0 aliphatic heterocycles. The number of amides is 2. The summed E-state index contributed by atoms with van der Waals surface area (Å²) in [6.45, 7) is 2.64. The zero-order valence-electron chi connectivity index (χ0n) is 17.8. The lowest BCUT2D eigenvalue weighted by Gasteiger charge is -2.23. The van der Waals surface area contributed by atoms with Gasteiger partial charge in [-0.25, -0.2) is 4.79 Å². The normalized spacial score (nSPS) is 10.8. The first-order valence-electron chi connectivity index (χ1n) is 10.5. The average Bonchev–Trinajstić information content (AvgIpc) is 2.81. The molecule has 3 aromatic carbocycles. The van der Waals surface area contributed by atoms with Crippen molar-refractivity contribution < 1.29 is 4.79 Å². The van der Waals surface area contributed by atoms with E-state index >= 15 is 0 Å². The number of nitrogens with one attached hydrogen (secondary N) is 2. The number of pyridine rings is 1. The number of carbonyl (C=O) groups is 1. The summed E-state index contributed by atoms with van der Waals surface area (Å²) in [5.41, 5.74) is 3.93. The van der Waals surface area contributed by atoms with Crippen molar-refractivity contribution in [1.29, 1.82) is 0 Å². The van der Waals surface area contributed by atoms with Crippen LogP contribution in [0, 0.1) is 0 Å². The van der Waals surface area contributed by atoms with Gasteiger partial charge in [0.1, 0.15) is 0 Å². The molecular weight excluding hydrogens is 422 g/mol. The molecule has 2 amide bonds. The van der Waals surface area contributed by atoms with Crippen LogP contribution in [0.4, 0.5) is 10.5 Å². The van der Waals surface area contributed by atoms with Crippen LogP contribution in [-0.4, -0.2) is 15.9 Å². The van der Waals surface area contributed by atoms with Crippen LogP contribution < -0.4 is 10.9 Å². The molecule has 4 rings (SSSR count). The third-order valence-electron chi connectivity index (χ3n) is 5.35. The van der Waals surface area contributed by atoms with Gasteiger partial charge in [-0.2, -0.15) is 0 Å². The Morgan fingerprint density at radius 2 is 1.69 bits per heavy atom. The molecule has 6 heteroatoms. The van der Waals surface area contributed by atoms with E-state index < -0.39 is 0 Å². The predicted octanol–water partition coefficient (Wildman–Crippen LogP) is 5.98. The summed E-state index contributed by atoms with van der Waals surface area (Å²) in [6.07, 6.45) is 0.911. The van der Waals surface area contributed by atoms with Crippen LogP contribution in [-0.2, 0) is 19.5 Å². The lowest BCUT2D eigenvalue weighted by atomic mass is 10.1. The number of hydrogen-bond donors (Lipinski definition) is 2. The molecular formula is C26H24ClN3O2. The summed E-state index contributed by atoms with van der Waals surface area (Å²) in [5.74, 6) is 0. The van der Waals surface area contributed by atoms with Gasteiger partial charge in [-0.1, -0.05) is 54.9 Å². The first kappa shape index (κ1) is 21.7. The molecule has 0 unspecified atom stereocenters. The number of aromatic amines is 1. The summed E-state index contributed by atoms with van der Waals surface area (Å²) in [7, 11) is 0. The predicted molar refractivity (Wildman–Crippen MR) is 130 cm³/mol. The number of halogens is 1. The van der Waals surface area contributed by atoms with Crippen LogP contribution in [0.15, 0.2) is 83.7 Å². The maximum absolute atomic E-state index is 13.2. The maximum atomic E-state index is 13.2. The van der Waals surface area contributed by atoms with Gasteiger partial charge in [0, 0.05) is 28.3 Å². The number of H-pyrrole nitrogens is 1. The van der Waals surface area contributed by atoms with Gasteiger partial charge in [0.05, 0.1) is 6.54 Å². The molecule has 0 saturated heterocycles. The number of aryl methyl sites for hydroxylation is 1. The third kappa shape index (κ3) is 5.18. The van der Waals surface area contributed by atoms with Gasteiger partial charge < -0.3 is 15.2 Å². The molecule has 2 N–H and O–H groups in total. The van der Waals surface area contributed by atoms with E-state index in [0.717, 1.165) is 22.9 Å². The Labute approximate surface area is 191 Å². The van der Waals surface area contributed by atoms with Gasteiger partial charge in [0.15, 0.2) is 0 Å². The molecule has 5 nitrogen and oxygen atoms in total. The van der Waals surface area contributed by atoms with Crippen LogP contribution >= 0.6 is 11.6 Å². The second kappa shape index (κ2) is 9.71. The molecule has 0 aliphatic carbocycles. The van der Waals surface area contributed by atoms with Crippen molar-refractivity contribution in [2.24, 2.45) is 0 Å². The molecule has 0 fully saturated rings. The summed E-state index contributed by atoms with van der Waals surface area (Å²) in [4.78, 5) is 30.5. The van der Waals surface area contributed by atoms with E-state index in [-0.39, 0.29) is 18.1 Å². The van der Waals surface area contributed by atoms with Gasteiger partial charge in [0.25, 0.3) is 5.56 Å². The van der Waals surface area contributed by atoms with E-state index in [0.29, 0.717) is 22.8 Å². The largest absolute Gasteiger partial charge is 0.322 e. The highest BCUT2D eigenvalue weighted by Crippen LogP contribution is 2.18. The molecule has 0 saturated carbocycles. The van der Waals surface area contributed by atoms with Crippen LogP contribution in [0.3, 0.4) is 0 Å². The second-order valence-electron chi connectivity index (χ2n) is 7.68. The quantitative estimate of drug-likeness (QED) is 0.383. The minimum atomic E-state index is -0.294. The van der Waals surface area contributed by atoms with E-state index in [2.05, 4.69) is 23.3 Å². The van der Waals surface area contributed by atoms with Crippen molar-refractivity contribution in [2.75, 3.05) is 5.32 Å². The molecule has 0 spiro atoms. The summed E-state index contributed by atoms with van der Waals surface area (Å²) in [5, 5.41) is 4.45. The Hall–Kier alpha value is -3.57. The van der Waals surface area contributed by atoms with Crippen molar-refractivity contribution >= 4 is 34.2 Å². The number of fused-ring (bicyclic) bond motifs is 1. The fourth-order valence-electron chi connectivity index (χ4n) is 3.58. The van der Waals surface area contributed by atoms with Crippen LogP contribution in [0.5, 0.6) is 0 Å². The number of hydrogen-bond acceptors (Lipinski definition) is 2. The average molecular weight is 446 g/mol. The number of rotatable bonds is 6. The number of urea groups is 1. The fourth-order valence-corrected chi connectivity index (χ4v) is 3.71. The molecule has 0 atom stereocenters. The van der Waals surface area contributed by atoms with Gasteiger partial charge in [-0.3, -0.25) is 4.79 Å². The summed E-state index contributed by atoms with van der Waals surface area (Å²) < 4.78 is 0. The highest BCUT2D eigenvalue weighted by molar-refractivity contribution is 6.30. The standard InChI is InChI=1S/C26H24ClN3O2/c1-2-18-8-13-24-20(14-18)15-21(25(31)29-24)17-30(16-19-6-4-3-5-7-19)26(32)28-23-11-9-22(27)10-12-23/h3-15H,2,16-17H2,1H3,(H,28,32)(H,29,31). The van der Waals surface area contributed by atoms with Gasteiger partial charge >= 0.3 is 6.03 Å². The van der Waals surface area contributed by atoms with E-state index in [1.54, 1.807) is 29.2 Å². The smallest absolute Gasteiger partial charge is 0.322 e. The van der Waals surface area contributed by atoms with Crippen molar-refractivity contribution in [2.45, 2.75) is 26.4 Å². The molecule has 0 aliphatic rings. The van der Waals surface area contributed by atoms with Crippen LogP contribution in [0.2, 0.25) is 5.02 Å². The van der Waals surface area contributed by atoms with Crippen LogP contribution in [0.1, 0.15) is 23.6 Å². The zero-order valence-corrected chi connectivity index (χ0v) is 18.5. The molecule has 162 valence electrons. The number of anilines is 1. The Morgan fingerprint density at radius 1 is 0.938 bits per heavy atom.